The molecule has 0 rings (SSSR count). The molecule has 50 valence electrons. The van der Waals surface area contributed by atoms with E-state index in [0.717, 1.165) is 0 Å². The van der Waals surface area contributed by atoms with Crippen molar-refractivity contribution in [2.45, 2.75) is 19.8 Å². The number of carbonyl (C=O) groups is 3. The summed E-state index contributed by atoms with van der Waals surface area (Å²) in [6.07, 6.45) is 0.831. The molecule has 0 aliphatic carbocycles. The highest BCUT2D eigenvalue weighted by Gasteiger charge is 2.04. The summed E-state index contributed by atoms with van der Waals surface area (Å²) in [5.41, 5.74) is 0. The molecule has 0 radical (unpaired) electrons. The van der Waals surface area contributed by atoms with Crippen molar-refractivity contribution >= 4 is 17.9 Å². The first-order chi connectivity index (χ1) is 4.18. The quantitative estimate of drug-likeness (QED) is 0.399. The molecule has 3 heteroatoms. The summed E-state index contributed by atoms with van der Waals surface area (Å²) >= 11 is 0. The fraction of sp³-hybridized carbons (Fsp3) is 0.500. The summed E-state index contributed by atoms with van der Waals surface area (Å²) in [5, 5.41) is 0. The van der Waals surface area contributed by atoms with Crippen molar-refractivity contribution in [3.05, 3.63) is 0 Å². The third kappa shape index (κ3) is 3.58. The van der Waals surface area contributed by atoms with Crippen molar-refractivity contribution < 1.29 is 14.4 Å². The molecule has 0 saturated heterocycles. The topological polar surface area (TPSA) is 51.2 Å². The van der Waals surface area contributed by atoms with Gasteiger partial charge in [-0.05, 0) is 0 Å². The Morgan fingerprint density at radius 2 is 2.00 bits per heavy atom. The molecular formula is C6H8O3. The summed E-state index contributed by atoms with van der Waals surface area (Å²) in [7, 11) is 0. The van der Waals surface area contributed by atoms with Gasteiger partial charge in [0.25, 0.3) is 0 Å². The Bertz CT molecular complexity index is 137. The van der Waals surface area contributed by atoms with E-state index in [9.17, 15) is 14.4 Å². The van der Waals surface area contributed by atoms with Crippen LogP contribution in [0, 0.1) is 0 Å². The standard InChI is InChI=1S/C6H8O3/c1-5(8)6(9)3-2-4-7/h4H,2-3H2,1H3. The maximum atomic E-state index is 10.4. The second-order valence-electron chi connectivity index (χ2n) is 1.68. The van der Waals surface area contributed by atoms with Crippen molar-refractivity contribution in [1.82, 2.24) is 0 Å². The Hall–Kier alpha value is -0.990. The lowest BCUT2D eigenvalue weighted by atomic mass is 10.2. The van der Waals surface area contributed by atoms with Gasteiger partial charge in [-0.1, -0.05) is 0 Å². The van der Waals surface area contributed by atoms with E-state index in [0.29, 0.717) is 6.29 Å². The first-order valence-corrected chi connectivity index (χ1v) is 2.66. The average molecular weight is 128 g/mol. The molecule has 0 aromatic carbocycles. The lowest BCUT2D eigenvalue weighted by Gasteiger charge is -1.86. The Kier molecular flexibility index (Phi) is 3.51. The van der Waals surface area contributed by atoms with Crippen LogP contribution in [0.4, 0.5) is 0 Å². The number of aldehydes is 1. The van der Waals surface area contributed by atoms with Crippen LogP contribution in [0.2, 0.25) is 0 Å². The van der Waals surface area contributed by atoms with E-state index in [4.69, 9.17) is 0 Å². The zero-order valence-corrected chi connectivity index (χ0v) is 5.22. The molecule has 0 bridgehead atoms. The minimum Gasteiger partial charge on any atom is -0.303 e. The number of Topliss-reactive ketones (excluding diaryl/α,β-unsaturated/α-hetero) is 2. The van der Waals surface area contributed by atoms with Gasteiger partial charge < -0.3 is 4.79 Å². The number of rotatable bonds is 4. The van der Waals surface area contributed by atoms with Gasteiger partial charge in [-0.15, -0.1) is 0 Å². The fourth-order valence-electron chi connectivity index (χ4n) is 0.366. The van der Waals surface area contributed by atoms with Crippen LogP contribution in [0.3, 0.4) is 0 Å². The van der Waals surface area contributed by atoms with Gasteiger partial charge in [0.05, 0.1) is 0 Å². The Balaban J connectivity index is 3.51. The van der Waals surface area contributed by atoms with E-state index < -0.39 is 11.6 Å². The summed E-state index contributed by atoms with van der Waals surface area (Å²) in [4.78, 5) is 30.2. The van der Waals surface area contributed by atoms with Gasteiger partial charge in [0.2, 0.25) is 0 Å². The van der Waals surface area contributed by atoms with Crippen molar-refractivity contribution in [3.63, 3.8) is 0 Å². The molecule has 0 unspecified atom stereocenters. The van der Waals surface area contributed by atoms with Crippen molar-refractivity contribution in [2.75, 3.05) is 0 Å². The van der Waals surface area contributed by atoms with Crippen LogP contribution in [-0.4, -0.2) is 17.9 Å². The zero-order valence-electron chi connectivity index (χ0n) is 5.22. The smallest absolute Gasteiger partial charge is 0.198 e. The maximum Gasteiger partial charge on any atom is 0.198 e. The highest BCUT2D eigenvalue weighted by Crippen LogP contribution is 1.87. The van der Waals surface area contributed by atoms with Gasteiger partial charge in [-0.2, -0.15) is 0 Å². The summed E-state index contributed by atoms with van der Waals surface area (Å²) < 4.78 is 0. The van der Waals surface area contributed by atoms with E-state index in [1.807, 2.05) is 0 Å². The second-order valence-corrected chi connectivity index (χ2v) is 1.68. The number of carbonyl (C=O) groups excluding carboxylic acids is 3. The Labute approximate surface area is 53.0 Å². The first kappa shape index (κ1) is 8.01. The van der Waals surface area contributed by atoms with Crippen LogP contribution >= 0.6 is 0 Å². The average Bonchev–Trinajstić information content (AvgIpc) is 1.82. The van der Waals surface area contributed by atoms with Gasteiger partial charge in [0.15, 0.2) is 11.6 Å². The molecule has 0 amide bonds. The van der Waals surface area contributed by atoms with Gasteiger partial charge in [-0.25, -0.2) is 0 Å². The molecule has 0 atom stereocenters. The Morgan fingerprint density at radius 1 is 1.44 bits per heavy atom. The second kappa shape index (κ2) is 3.95. The molecule has 0 aromatic heterocycles. The molecule has 0 spiro atoms. The molecule has 3 nitrogen and oxygen atoms in total. The monoisotopic (exact) mass is 128 g/mol. The lowest BCUT2D eigenvalue weighted by molar-refractivity contribution is -0.135. The number of ketones is 2. The molecule has 0 fully saturated rings. The normalized spacial score (nSPS) is 8.56. The number of hydrogen-bond donors (Lipinski definition) is 0. The van der Waals surface area contributed by atoms with Crippen LogP contribution in [0.25, 0.3) is 0 Å². The third-order valence-corrected chi connectivity index (χ3v) is 0.882. The predicted octanol–water partition coefficient (Wildman–Crippen LogP) is 0.124. The van der Waals surface area contributed by atoms with Crippen molar-refractivity contribution in [2.24, 2.45) is 0 Å². The first-order valence-electron chi connectivity index (χ1n) is 2.66. The lowest BCUT2D eigenvalue weighted by Crippen LogP contribution is -2.08. The van der Waals surface area contributed by atoms with E-state index >= 15 is 0 Å². The summed E-state index contributed by atoms with van der Waals surface area (Å²) in [5.74, 6) is -0.945. The van der Waals surface area contributed by atoms with Crippen molar-refractivity contribution in [1.29, 1.82) is 0 Å². The zero-order chi connectivity index (χ0) is 7.28. The predicted molar refractivity (Wildman–Crippen MR) is 31.0 cm³/mol. The molecule has 0 aliphatic heterocycles. The van der Waals surface area contributed by atoms with Gasteiger partial charge >= 0.3 is 0 Å². The molecule has 0 N–H and O–H groups in total. The van der Waals surface area contributed by atoms with E-state index in [2.05, 4.69) is 0 Å². The van der Waals surface area contributed by atoms with Crippen LogP contribution in [0.15, 0.2) is 0 Å². The van der Waals surface area contributed by atoms with Crippen LogP contribution < -0.4 is 0 Å². The summed E-state index contributed by atoms with van der Waals surface area (Å²) in [6.45, 7) is 1.20. The highest BCUT2D eigenvalue weighted by molar-refractivity contribution is 6.36. The molecule has 9 heavy (non-hydrogen) atoms. The van der Waals surface area contributed by atoms with Gasteiger partial charge in [-0.3, -0.25) is 9.59 Å². The SMILES string of the molecule is CC(=O)C(=O)CCC=O. The highest BCUT2D eigenvalue weighted by atomic mass is 16.2. The largest absolute Gasteiger partial charge is 0.303 e. The molecule has 0 aliphatic rings. The van der Waals surface area contributed by atoms with Crippen LogP contribution in [-0.2, 0) is 14.4 Å². The molecule has 0 saturated carbocycles. The van der Waals surface area contributed by atoms with E-state index in [-0.39, 0.29) is 12.8 Å². The maximum absolute atomic E-state index is 10.4. The minimum atomic E-state index is -0.475. The van der Waals surface area contributed by atoms with Gasteiger partial charge in [0.1, 0.15) is 6.29 Å². The van der Waals surface area contributed by atoms with Gasteiger partial charge in [0, 0.05) is 19.8 Å². The third-order valence-electron chi connectivity index (χ3n) is 0.882. The fourth-order valence-corrected chi connectivity index (χ4v) is 0.366. The minimum absolute atomic E-state index is 0.0544. The Morgan fingerprint density at radius 3 is 2.33 bits per heavy atom. The van der Waals surface area contributed by atoms with E-state index in [1.165, 1.54) is 6.92 Å². The van der Waals surface area contributed by atoms with E-state index in [1.54, 1.807) is 0 Å². The molecule has 0 aromatic rings. The van der Waals surface area contributed by atoms with Crippen LogP contribution in [0.5, 0.6) is 0 Å². The van der Waals surface area contributed by atoms with Crippen molar-refractivity contribution in [3.8, 4) is 0 Å². The molecular weight excluding hydrogens is 120 g/mol. The molecule has 0 heterocycles. The number of hydrogen-bond acceptors (Lipinski definition) is 3. The van der Waals surface area contributed by atoms with Crippen LogP contribution in [0.1, 0.15) is 19.8 Å². The summed E-state index contributed by atoms with van der Waals surface area (Å²) in [6, 6.07) is 0.